The van der Waals surface area contributed by atoms with Gasteiger partial charge in [0.05, 0.1) is 18.8 Å². The smallest absolute Gasteiger partial charge is 0.343 e. The molecule has 0 saturated heterocycles. The van der Waals surface area contributed by atoms with Gasteiger partial charge in [0.25, 0.3) is 0 Å². The molecule has 0 bridgehead atoms. The fourth-order valence-corrected chi connectivity index (χ4v) is 2.99. The van der Waals surface area contributed by atoms with E-state index in [1.807, 2.05) is 0 Å². The molecule has 35 heavy (non-hydrogen) atoms. The lowest BCUT2D eigenvalue weighted by Gasteiger charge is -2.08. The van der Waals surface area contributed by atoms with E-state index >= 15 is 0 Å². The van der Waals surface area contributed by atoms with Gasteiger partial charge in [-0.2, -0.15) is 0 Å². The number of carbonyl (C=O) groups is 3. The summed E-state index contributed by atoms with van der Waals surface area (Å²) in [7, 11) is 0. The summed E-state index contributed by atoms with van der Waals surface area (Å²) >= 11 is 0. The monoisotopic (exact) mass is 482 g/mol. The molecule has 0 unspecified atom stereocenters. The third kappa shape index (κ3) is 10.9. The van der Waals surface area contributed by atoms with Crippen LogP contribution in [0.15, 0.2) is 60.7 Å². The molecule has 2 aromatic rings. The number of rotatable bonds is 15. The molecule has 0 fully saturated rings. The van der Waals surface area contributed by atoms with Gasteiger partial charge in [-0.1, -0.05) is 26.3 Å². The third-order valence-electron chi connectivity index (χ3n) is 4.98. The highest BCUT2D eigenvalue weighted by Crippen LogP contribution is 2.20. The first-order chi connectivity index (χ1) is 16.9. The summed E-state index contributed by atoms with van der Waals surface area (Å²) in [5.74, 6) is 0.190. The lowest BCUT2D eigenvalue weighted by Crippen LogP contribution is -2.09. The normalized spacial score (nSPS) is 10.3. The first-order valence-corrected chi connectivity index (χ1v) is 12.0. The Bertz CT molecular complexity index is 962. The third-order valence-corrected chi connectivity index (χ3v) is 4.98. The Hall–Kier alpha value is -3.61. The maximum absolute atomic E-state index is 12.4. The molecule has 0 saturated carbocycles. The molecule has 0 spiro atoms. The number of ether oxygens (including phenoxy) is 4. The Balaban J connectivity index is 1.69. The predicted octanol–water partition coefficient (Wildman–Crippen LogP) is 6.06. The van der Waals surface area contributed by atoms with Gasteiger partial charge in [-0.15, -0.1) is 0 Å². The van der Waals surface area contributed by atoms with Crippen LogP contribution in [0.1, 0.15) is 69.2 Å². The quantitative estimate of drug-likeness (QED) is 0.132. The van der Waals surface area contributed by atoms with Crippen LogP contribution in [-0.4, -0.2) is 31.1 Å². The number of hydrogen-bond acceptors (Lipinski definition) is 7. The van der Waals surface area contributed by atoms with Crippen LogP contribution < -0.4 is 14.2 Å². The molecule has 0 N–H and O–H groups in total. The van der Waals surface area contributed by atoms with Gasteiger partial charge in [0, 0.05) is 12.0 Å². The highest BCUT2D eigenvalue weighted by atomic mass is 16.5. The average molecular weight is 483 g/mol. The summed E-state index contributed by atoms with van der Waals surface area (Å²) < 4.78 is 21.3. The van der Waals surface area contributed by atoms with Crippen LogP contribution in [0.4, 0.5) is 0 Å². The highest BCUT2D eigenvalue weighted by Gasteiger charge is 2.10. The number of benzene rings is 2. The molecule has 2 aromatic carbocycles. The molecular formula is C28H34O7. The van der Waals surface area contributed by atoms with E-state index < -0.39 is 11.9 Å². The van der Waals surface area contributed by atoms with Crippen LogP contribution >= 0.6 is 0 Å². The van der Waals surface area contributed by atoms with E-state index in [1.54, 1.807) is 55.5 Å². The molecule has 0 radical (unpaired) electrons. The summed E-state index contributed by atoms with van der Waals surface area (Å²) in [5, 5.41) is 0. The van der Waals surface area contributed by atoms with Crippen LogP contribution in [-0.2, 0) is 14.3 Å². The Kier molecular flexibility index (Phi) is 12.1. The SMILES string of the molecule is C=C(C)C(=O)OCCCCCC(=O)Oc1ccc(OC(=O)c2ccc(OCCCCC)cc2)cc1. The molecule has 7 nitrogen and oxygen atoms in total. The van der Waals surface area contributed by atoms with Crippen LogP contribution in [0.5, 0.6) is 17.2 Å². The zero-order valence-electron chi connectivity index (χ0n) is 20.5. The fourth-order valence-electron chi connectivity index (χ4n) is 2.99. The minimum Gasteiger partial charge on any atom is -0.494 e. The average Bonchev–Trinajstić information content (AvgIpc) is 2.85. The number of hydrogen-bond donors (Lipinski definition) is 0. The van der Waals surface area contributed by atoms with Crippen LogP contribution in [0.25, 0.3) is 0 Å². The van der Waals surface area contributed by atoms with Crippen LogP contribution in [0, 0.1) is 0 Å². The van der Waals surface area contributed by atoms with Gasteiger partial charge in [-0.3, -0.25) is 4.79 Å². The van der Waals surface area contributed by atoms with Crippen molar-refractivity contribution in [2.24, 2.45) is 0 Å². The summed E-state index contributed by atoms with van der Waals surface area (Å²) in [6.45, 7) is 8.21. The minimum absolute atomic E-state index is 0.253. The van der Waals surface area contributed by atoms with Gasteiger partial charge in [0.2, 0.25) is 0 Å². The van der Waals surface area contributed by atoms with Crippen molar-refractivity contribution in [2.45, 2.75) is 58.8 Å². The Labute approximate surface area is 207 Å². The molecule has 0 aliphatic heterocycles. The number of unbranched alkanes of at least 4 members (excludes halogenated alkanes) is 4. The van der Waals surface area contributed by atoms with Gasteiger partial charge in [0.1, 0.15) is 17.2 Å². The molecule has 0 aliphatic rings. The first kappa shape index (κ1) is 27.6. The summed E-state index contributed by atoms with van der Waals surface area (Å²) in [6.07, 6.45) is 5.54. The molecule has 2 rings (SSSR count). The van der Waals surface area contributed by atoms with Gasteiger partial charge in [-0.05, 0) is 81.1 Å². The zero-order valence-corrected chi connectivity index (χ0v) is 20.5. The van der Waals surface area contributed by atoms with Crippen molar-refractivity contribution < 1.29 is 33.3 Å². The molecule has 7 heteroatoms. The second-order valence-electron chi connectivity index (χ2n) is 8.14. The van der Waals surface area contributed by atoms with Crippen molar-refractivity contribution in [1.82, 2.24) is 0 Å². The van der Waals surface area contributed by atoms with Crippen molar-refractivity contribution in [3.05, 3.63) is 66.2 Å². The van der Waals surface area contributed by atoms with Crippen LogP contribution in [0.3, 0.4) is 0 Å². The summed E-state index contributed by atoms with van der Waals surface area (Å²) in [5.41, 5.74) is 0.780. The lowest BCUT2D eigenvalue weighted by atomic mass is 10.2. The van der Waals surface area contributed by atoms with Crippen molar-refractivity contribution in [2.75, 3.05) is 13.2 Å². The lowest BCUT2D eigenvalue weighted by molar-refractivity contribution is -0.139. The Morgan fingerprint density at radius 3 is 1.97 bits per heavy atom. The second kappa shape index (κ2) is 15.3. The summed E-state index contributed by atoms with van der Waals surface area (Å²) in [4.78, 5) is 35.6. The number of esters is 3. The van der Waals surface area contributed by atoms with E-state index in [2.05, 4.69) is 13.5 Å². The summed E-state index contributed by atoms with van der Waals surface area (Å²) in [6, 6.07) is 13.1. The minimum atomic E-state index is -0.485. The number of carbonyl (C=O) groups excluding carboxylic acids is 3. The first-order valence-electron chi connectivity index (χ1n) is 12.0. The van der Waals surface area contributed by atoms with E-state index in [0.29, 0.717) is 48.7 Å². The molecule has 0 aliphatic carbocycles. The maximum atomic E-state index is 12.4. The molecule has 0 atom stereocenters. The molecule has 0 aromatic heterocycles. The molecular weight excluding hydrogens is 448 g/mol. The Morgan fingerprint density at radius 2 is 1.34 bits per heavy atom. The standard InChI is InChI=1S/C28H34O7/c1-4-5-8-19-32-23-13-11-22(12-14-23)28(31)35-25-17-15-24(16-18-25)34-26(29)10-7-6-9-20-33-27(30)21(2)3/h11-18H,2,4-10,19-20H2,1,3H3. The van der Waals surface area contributed by atoms with Gasteiger partial charge < -0.3 is 18.9 Å². The van der Waals surface area contributed by atoms with E-state index in [1.165, 1.54) is 0 Å². The fraction of sp³-hybridized carbons (Fsp3) is 0.393. The van der Waals surface area contributed by atoms with Gasteiger partial charge >= 0.3 is 17.9 Å². The van der Waals surface area contributed by atoms with Gasteiger partial charge in [-0.25, -0.2) is 9.59 Å². The van der Waals surface area contributed by atoms with E-state index in [4.69, 9.17) is 18.9 Å². The van der Waals surface area contributed by atoms with Crippen molar-refractivity contribution in [3.8, 4) is 17.2 Å². The largest absolute Gasteiger partial charge is 0.494 e. The van der Waals surface area contributed by atoms with E-state index in [-0.39, 0.29) is 12.4 Å². The van der Waals surface area contributed by atoms with Crippen molar-refractivity contribution in [3.63, 3.8) is 0 Å². The van der Waals surface area contributed by atoms with Crippen molar-refractivity contribution in [1.29, 1.82) is 0 Å². The molecule has 0 heterocycles. The van der Waals surface area contributed by atoms with Crippen LogP contribution in [0.2, 0.25) is 0 Å². The maximum Gasteiger partial charge on any atom is 0.343 e. The molecule has 188 valence electrons. The molecule has 0 amide bonds. The Morgan fingerprint density at radius 1 is 0.743 bits per heavy atom. The van der Waals surface area contributed by atoms with E-state index in [9.17, 15) is 14.4 Å². The van der Waals surface area contributed by atoms with Gasteiger partial charge in [0.15, 0.2) is 0 Å². The van der Waals surface area contributed by atoms with E-state index in [0.717, 1.165) is 31.4 Å². The predicted molar refractivity (Wildman–Crippen MR) is 133 cm³/mol. The topological polar surface area (TPSA) is 88.1 Å². The highest BCUT2D eigenvalue weighted by molar-refractivity contribution is 5.91. The van der Waals surface area contributed by atoms with Crippen molar-refractivity contribution >= 4 is 17.9 Å². The second-order valence-corrected chi connectivity index (χ2v) is 8.14. The zero-order chi connectivity index (χ0) is 25.5.